The number of rotatable bonds is 14. The second-order valence-corrected chi connectivity index (χ2v) is 6.08. The summed E-state index contributed by atoms with van der Waals surface area (Å²) in [6.45, 7) is 9.91. The normalized spacial score (nSPS) is 12.5. The van der Waals surface area contributed by atoms with Gasteiger partial charge < -0.3 is 24.6 Å². The lowest BCUT2D eigenvalue weighted by atomic mass is 10.1. The standard InChI is InChI=1S/C19H33NO4/c1-4-22-11-5-12-23-13-10-17-6-8-19(9-7-17)24-15-18(21)14-20-16(2)3/h6-9,16,18,20-21H,4-5,10-15H2,1-3H3. The molecule has 2 N–H and O–H groups in total. The molecule has 24 heavy (non-hydrogen) atoms. The maximum absolute atomic E-state index is 9.82. The zero-order valence-electron chi connectivity index (χ0n) is 15.3. The van der Waals surface area contributed by atoms with Gasteiger partial charge in [0.1, 0.15) is 18.5 Å². The Bertz CT molecular complexity index is 408. The van der Waals surface area contributed by atoms with Gasteiger partial charge in [-0.1, -0.05) is 26.0 Å². The average molecular weight is 339 g/mol. The molecular weight excluding hydrogens is 306 g/mol. The molecule has 0 aromatic heterocycles. The predicted molar refractivity (Wildman–Crippen MR) is 96.7 cm³/mol. The van der Waals surface area contributed by atoms with Crippen molar-refractivity contribution in [1.29, 1.82) is 0 Å². The van der Waals surface area contributed by atoms with Crippen molar-refractivity contribution < 1.29 is 19.3 Å². The molecule has 0 fully saturated rings. The Kier molecular flexibility index (Phi) is 11.5. The van der Waals surface area contributed by atoms with E-state index in [0.29, 0.717) is 25.8 Å². The lowest BCUT2D eigenvalue weighted by Gasteiger charge is -2.15. The summed E-state index contributed by atoms with van der Waals surface area (Å²) in [6.07, 6.45) is 1.32. The average Bonchev–Trinajstić information content (AvgIpc) is 2.58. The van der Waals surface area contributed by atoms with Crippen LogP contribution in [0.15, 0.2) is 24.3 Å². The van der Waals surface area contributed by atoms with E-state index in [9.17, 15) is 5.11 Å². The molecule has 5 nitrogen and oxygen atoms in total. The molecule has 0 aliphatic carbocycles. The van der Waals surface area contributed by atoms with E-state index < -0.39 is 6.10 Å². The molecule has 0 saturated heterocycles. The van der Waals surface area contributed by atoms with E-state index in [0.717, 1.165) is 38.4 Å². The van der Waals surface area contributed by atoms with Gasteiger partial charge in [0.2, 0.25) is 0 Å². The van der Waals surface area contributed by atoms with Crippen molar-refractivity contribution in [2.75, 3.05) is 39.6 Å². The van der Waals surface area contributed by atoms with Gasteiger partial charge in [-0.05, 0) is 37.5 Å². The van der Waals surface area contributed by atoms with Crippen molar-refractivity contribution in [3.63, 3.8) is 0 Å². The predicted octanol–water partition coefficient (Wildman–Crippen LogP) is 2.41. The summed E-state index contributed by atoms with van der Waals surface area (Å²) < 4.78 is 16.5. The smallest absolute Gasteiger partial charge is 0.119 e. The lowest BCUT2D eigenvalue weighted by molar-refractivity contribution is 0.0893. The molecule has 1 aromatic rings. The molecular formula is C19H33NO4. The highest BCUT2D eigenvalue weighted by Crippen LogP contribution is 2.13. The second-order valence-electron chi connectivity index (χ2n) is 6.08. The summed E-state index contributed by atoms with van der Waals surface area (Å²) in [5.74, 6) is 0.778. The maximum Gasteiger partial charge on any atom is 0.119 e. The van der Waals surface area contributed by atoms with Crippen LogP contribution in [0.4, 0.5) is 0 Å². The van der Waals surface area contributed by atoms with E-state index in [1.54, 1.807) is 0 Å². The summed E-state index contributed by atoms with van der Waals surface area (Å²) in [6, 6.07) is 8.32. The Labute approximate surface area is 146 Å². The zero-order chi connectivity index (χ0) is 17.6. The lowest BCUT2D eigenvalue weighted by Crippen LogP contribution is -2.35. The third-order valence-electron chi connectivity index (χ3n) is 3.44. The fourth-order valence-corrected chi connectivity index (χ4v) is 2.07. The van der Waals surface area contributed by atoms with Crippen LogP contribution in [0, 0.1) is 0 Å². The number of hydrogen-bond donors (Lipinski definition) is 2. The minimum absolute atomic E-state index is 0.294. The summed E-state index contributed by atoms with van der Waals surface area (Å²) >= 11 is 0. The topological polar surface area (TPSA) is 60.0 Å². The van der Waals surface area contributed by atoms with Crippen molar-refractivity contribution in [2.24, 2.45) is 0 Å². The molecule has 0 aliphatic heterocycles. The largest absolute Gasteiger partial charge is 0.491 e. The monoisotopic (exact) mass is 339 g/mol. The first kappa shape index (κ1) is 20.9. The highest BCUT2D eigenvalue weighted by Gasteiger charge is 2.06. The van der Waals surface area contributed by atoms with Crippen LogP contribution in [0.5, 0.6) is 5.75 Å². The van der Waals surface area contributed by atoms with Crippen molar-refractivity contribution >= 4 is 0 Å². The number of nitrogens with one attached hydrogen (secondary N) is 1. The first-order valence-electron chi connectivity index (χ1n) is 8.90. The molecule has 138 valence electrons. The van der Waals surface area contributed by atoms with Gasteiger partial charge in [-0.15, -0.1) is 0 Å². The minimum atomic E-state index is -0.503. The zero-order valence-corrected chi connectivity index (χ0v) is 15.3. The number of hydrogen-bond acceptors (Lipinski definition) is 5. The van der Waals surface area contributed by atoms with Gasteiger partial charge in [0.15, 0.2) is 0 Å². The fraction of sp³-hybridized carbons (Fsp3) is 0.684. The van der Waals surface area contributed by atoms with E-state index in [1.165, 1.54) is 5.56 Å². The molecule has 0 radical (unpaired) electrons. The van der Waals surface area contributed by atoms with Gasteiger partial charge in [0, 0.05) is 32.4 Å². The summed E-state index contributed by atoms with van der Waals surface area (Å²) in [5.41, 5.74) is 1.22. The van der Waals surface area contributed by atoms with Crippen LogP contribution < -0.4 is 10.1 Å². The molecule has 1 aromatic carbocycles. The summed E-state index contributed by atoms with van der Waals surface area (Å²) in [5, 5.41) is 13.0. The van der Waals surface area contributed by atoms with Gasteiger partial charge in [0.05, 0.1) is 6.61 Å². The molecule has 1 rings (SSSR count). The SMILES string of the molecule is CCOCCCOCCc1ccc(OCC(O)CNC(C)C)cc1. The molecule has 0 aliphatic rings. The molecule has 1 atom stereocenters. The van der Waals surface area contributed by atoms with Crippen molar-refractivity contribution in [3.8, 4) is 5.75 Å². The van der Waals surface area contributed by atoms with Crippen molar-refractivity contribution in [1.82, 2.24) is 5.32 Å². The Morgan fingerprint density at radius 1 is 1.04 bits per heavy atom. The van der Waals surface area contributed by atoms with Crippen LogP contribution in [0.2, 0.25) is 0 Å². The Hall–Kier alpha value is -1.14. The Balaban J connectivity index is 2.14. The Morgan fingerprint density at radius 2 is 1.75 bits per heavy atom. The number of aliphatic hydroxyl groups excluding tert-OH is 1. The van der Waals surface area contributed by atoms with Crippen LogP contribution in [-0.2, 0) is 15.9 Å². The van der Waals surface area contributed by atoms with E-state index in [1.807, 2.05) is 31.2 Å². The third-order valence-corrected chi connectivity index (χ3v) is 3.44. The van der Waals surface area contributed by atoms with Crippen LogP contribution in [0.25, 0.3) is 0 Å². The van der Waals surface area contributed by atoms with E-state index in [2.05, 4.69) is 19.2 Å². The maximum atomic E-state index is 9.82. The van der Waals surface area contributed by atoms with Crippen LogP contribution in [0.1, 0.15) is 32.8 Å². The first-order chi connectivity index (χ1) is 11.6. The summed E-state index contributed by atoms with van der Waals surface area (Å²) in [4.78, 5) is 0. The highest BCUT2D eigenvalue weighted by atomic mass is 16.5. The second kappa shape index (κ2) is 13.2. The molecule has 0 bridgehead atoms. The van der Waals surface area contributed by atoms with Gasteiger partial charge in [0.25, 0.3) is 0 Å². The number of benzene rings is 1. The minimum Gasteiger partial charge on any atom is -0.491 e. The van der Waals surface area contributed by atoms with Gasteiger partial charge in [-0.2, -0.15) is 0 Å². The van der Waals surface area contributed by atoms with Crippen LogP contribution in [0.3, 0.4) is 0 Å². The fourth-order valence-electron chi connectivity index (χ4n) is 2.07. The Morgan fingerprint density at radius 3 is 2.42 bits per heavy atom. The van der Waals surface area contributed by atoms with Crippen LogP contribution in [-0.4, -0.2) is 56.8 Å². The third kappa shape index (κ3) is 10.6. The molecule has 5 heteroatoms. The molecule has 0 spiro atoms. The quantitative estimate of drug-likeness (QED) is 0.510. The van der Waals surface area contributed by atoms with E-state index in [4.69, 9.17) is 14.2 Å². The van der Waals surface area contributed by atoms with Gasteiger partial charge in [-0.3, -0.25) is 0 Å². The molecule has 1 unspecified atom stereocenters. The van der Waals surface area contributed by atoms with E-state index >= 15 is 0 Å². The van der Waals surface area contributed by atoms with Gasteiger partial charge >= 0.3 is 0 Å². The molecule has 0 amide bonds. The number of aliphatic hydroxyl groups is 1. The highest BCUT2D eigenvalue weighted by molar-refractivity contribution is 5.27. The van der Waals surface area contributed by atoms with Gasteiger partial charge in [-0.25, -0.2) is 0 Å². The van der Waals surface area contributed by atoms with Crippen molar-refractivity contribution in [2.45, 2.75) is 45.8 Å². The summed E-state index contributed by atoms with van der Waals surface area (Å²) in [7, 11) is 0. The van der Waals surface area contributed by atoms with E-state index in [-0.39, 0.29) is 0 Å². The first-order valence-corrected chi connectivity index (χ1v) is 8.90. The number of ether oxygens (including phenoxy) is 3. The molecule has 0 heterocycles. The van der Waals surface area contributed by atoms with Crippen LogP contribution >= 0.6 is 0 Å². The van der Waals surface area contributed by atoms with Crippen molar-refractivity contribution in [3.05, 3.63) is 29.8 Å². The molecule has 0 saturated carbocycles.